The minimum Gasteiger partial charge on any atom is -0.478 e. The molecule has 0 saturated heterocycles. The number of ketones is 4. The monoisotopic (exact) mass is 1620 g/mol. The van der Waals surface area contributed by atoms with Crippen molar-refractivity contribution in [1.82, 2.24) is 0 Å². The second kappa shape index (κ2) is 33.2. The van der Waals surface area contributed by atoms with Gasteiger partial charge in [0.15, 0.2) is 23.1 Å². The van der Waals surface area contributed by atoms with Gasteiger partial charge in [-0.15, -0.1) is 34.0 Å². The molecule has 4 aliphatic rings. The van der Waals surface area contributed by atoms with Crippen molar-refractivity contribution in [3.8, 4) is 44.5 Å². The Balaban J connectivity index is 0.000000133. The third-order valence-electron chi connectivity index (χ3n) is 20.4. The average molecular weight is 1630 g/mol. The maximum atomic E-state index is 13.1. The van der Waals surface area contributed by atoms with Gasteiger partial charge in [0.1, 0.15) is 9.75 Å². The molecule has 0 bridgehead atoms. The Hall–Kier alpha value is -11.7. The Morgan fingerprint density at radius 2 is 0.693 bits per heavy atom. The molecule has 4 unspecified atom stereocenters. The van der Waals surface area contributed by atoms with Gasteiger partial charge in [-0.3, -0.25) is 19.2 Å². The summed E-state index contributed by atoms with van der Waals surface area (Å²) >= 11 is 9.77. The van der Waals surface area contributed by atoms with Crippen LogP contribution in [0.1, 0.15) is 141 Å². The molecule has 4 atom stereocenters. The summed E-state index contributed by atoms with van der Waals surface area (Å²) in [4.78, 5) is 98.1. The first-order valence-electron chi connectivity index (χ1n) is 35.4. The molecule has 0 fully saturated rings. The van der Waals surface area contributed by atoms with Crippen molar-refractivity contribution in [2.75, 3.05) is 0 Å². The predicted molar refractivity (Wildman–Crippen MR) is 416 cm³/mol. The molecule has 0 aliphatic heterocycles. The van der Waals surface area contributed by atoms with Crippen LogP contribution in [0.15, 0.2) is 229 Å². The minimum absolute atomic E-state index is 0.0564. The lowest BCUT2D eigenvalue weighted by molar-refractivity contribution is -0.138. The van der Waals surface area contributed by atoms with E-state index in [1.54, 1.807) is 115 Å². The Kier molecular flexibility index (Phi) is 23.4. The first-order chi connectivity index (χ1) is 54.2. The summed E-state index contributed by atoms with van der Waals surface area (Å²) in [5, 5.41) is 40.3. The number of carboxylic acid groups (broad SMARTS) is 4. The van der Waals surface area contributed by atoms with Crippen molar-refractivity contribution >= 4 is 92.6 Å². The highest BCUT2D eigenvalue weighted by Gasteiger charge is 2.39. The van der Waals surface area contributed by atoms with Crippen molar-refractivity contribution in [2.24, 2.45) is 23.7 Å². The van der Waals surface area contributed by atoms with Crippen LogP contribution in [-0.4, -0.2) is 67.4 Å². The molecular formula is C89H62ClF9O12S3. The third-order valence-corrected chi connectivity index (χ3v) is 23.6. The molecule has 12 nitrogen and oxygen atoms in total. The molecule has 9 aromatic carbocycles. The second-order valence-electron chi connectivity index (χ2n) is 27.8. The first-order valence-corrected chi connectivity index (χ1v) is 38.4. The maximum absolute atomic E-state index is 13.1. The van der Waals surface area contributed by atoms with E-state index in [1.165, 1.54) is 52.3 Å². The van der Waals surface area contributed by atoms with Crippen molar-refractivity contribution in [3.63, 3.8) is 0 Å². The van der Waals surface area contributed by atoms with Crippen LogP contribution in [0.2, 0.25) is 5.02 Å². The van der Waals surface area contributed by atoms with Gasteiger partial charge in [-0.2, -0.15) is 39.5 Å². The predicted octanol–water partition coefficient (Wildman–Crippen LogP) is 22.5. The number of Topliss-reactive ketones (excluding diaryl/α,β-unsaturated/α-hetero) is 4. The van der Waals surface area contributed by atoms with E-state index in [0.29, 0.717) is 111 Å². The molecule has 3 aromatic heterocycles. The van der Waals surface area contributed by atoms with E-state index >= 15 is 0 Å². The Labute approximate surface area is 662 Å². The SMILES string of the molecule is O=C(O)c1cc(CC2Cc3c(cccc3-c3cccc(C(F)(F)F)c3)C2=O)cs1.O=C(O)c1ccc(CC2Cc3c(cccc3-c3cccc(Cl)c3)C2=O)s1.O=C(O)c1cccc(CC2Cc3c(cccc3-c3cccc(C(F)(F)F)c3)C2=O)c1.O=C(O)c1csc(CC2Cc3c(cccc3-c3cccc(C(F)(F)F)c3)C2=O)c1. The number of rotatable bonds is 16. The number of alkyl halides is 9. The molecule has 25 heteroatoms. The molecule has 4 N–H and O–H groups in total. The van der Waals surface area contributed by atoms with Gasteiger partial charge >= 0.3 is 42.4 Å². The van der Waals surface area contributed by atoms with Crippen LogP contribution in [-0.2, 0) is 69.9 Å². The van der Waals surface area contributed by atoms with Crippen LogP contribution in [0.5, 0.6) is 0 Å². The maximum Gasteiger partial charge on any atom is 0.416 e. The van der Waals surface area contributed by atoms with Crippen LogP contribution in [0, 0.1) is 23.7 Å². The topological polar surface area (TPSA) is 217 Å². The van der Waals surface area contributed by atoms with E-state index in [2.05, 4.69) is 0 Å². The molecule has 3 heterocycles. The lowest BCUT2D eigenvalue weighted by atomic mass is 9.93. The quantitative estimate of drug-likeness (QED) is 0.0665. The van der Waals surface area contributed by atoms with Crippen LogP contribution in [0.25, 0.3) is 44.5 Å². The molecule has 114 heavy (non-hydrogen) atoms. The zero-order chi connectivity index (χ0) is 81.2. The molecule has 0 radical (unpaired) electrons. The van der Waals surface area contributed by atoms with Gasteiger partial charge in [-0.1, -0.05) is 145 Å². The highest BCUT2D eigenvalue weighted by atomic mass is 35.5. The summed E-state index contributed by atoms with van der Waals surface area (Å²) < 4.78 is 118. The number of carbonyl (C=O) groups is 8. The summed E-state index contributed by atoms with van der Waals surface area (Å²) in [5.74, 6) is -5.26. The Morgan fingerprint density at radius 3 is 1.06 bits per heavy atom. The number of carbonyl (C=O) groups excluding carboxylic acids is 4. The van der Waals surface area contributed by atoms with Gasteiger partial charge in [0, 0.05) is 66.1 Å². The van der Waals surface area contributed by atoms with Crippen molar-refractivity contribution < 1.29 is 98.3 Å². The number of hydrogen-bond acceptors (Lipinski definition) is 11. The van der Waals surface area contributed by atoms with Gasteiger partial charge < -0.3 is 20.4 Å². The van der Waals surface area contributed by atoms with E-state index < -0.39 is 59.1 Å². The molecule has 578 valence electrons. The number of benzene rings is 9. The second-order valence-corrected chi connectivity index (χ2v) is 31.3. The normalized spacial score (nSPS) is 16.0. The summed E-state index contributed by atoms with van der Waals surface area (Å²) in [6.45, 7) is 0. The number of aromatic carboxylic acids is 4. The van der Waals surface area contributed by atoms with E-state index in [4.69, 9.17) is 32.0 Å². The number of fused-ring (bicyclic) bond motifs is 4. The number of halogens is 10. The van der Waals surface area contributed by atoms with Gasteiger partial charge in [-0.25, -0.2) is 19.2 Å². The smallest absolute Gasteiger partial charge is 0.416 e. The summed E-state index contributed by atoms with van der Waals surface area (Å²) in [5.41, 5.74) is 10.5. The van der Waals surface area contributed by atoms with Crippen LogP contribution < -0.4 is 0 Å². The molecule has 16 rings (SSSR count). The summed E-state index contributed by atoms with van der Waals surface area (Å²) in [6, 6.07) is 57.1. The van der Waals surface area contributed by atoms with Crippen molar-refractivity contribution in [1.29, 1.82) is 0 Å². The van der Waals surface area contributed by atoms with E-state index in [9.17, 15) is 77.9 Å². The fourth-order valence-corrected chi connectivity index (χ4v) is 17.9. The van der Waals surface area contributed by atoms with Gasteiger partial charge in [-0.05, 0) is 220 Å². The zero-order valence-electron chi connectivity index (χ0n) is 59.5. The molecular weight excluding hydrogens is 1560 g/mol. The number of carboxylic acids is 4. The van der Waals surface area contributed by atoms with E-state index in [-0.39, 0.29) is 62.8 Å². The summed E-state index contributed by atoms with van der Waals surface area (Å²) in [6.07, 6.45) is -9.67. The molecule has 0 spiro atoms. The molecule has 0 saturated carbocycles. The molecule has 12 aromatic rings. The van der Waals surface area contributed by atoms with E-state index in [0.717, 1.165) is 108 Å². The number of hydrogen-bond donors (Lipinski definition) is 4. The Bertz CT molecular complexity index is 5630. The van der Waals surface area contributed by atoms with Gasteiger partial charge in [0.2, 0.25) is 0 Å². The van der Waals surface area contributed by atoms with Gasteiger partial charge in [0.05, 0.1) is 27.8 Å². The van der Waals surface area contributed by atoms with Crippen LogP contribution >= 0.6 is 45.6 Å². The Morgan fingerprint density at radius 1 is 0.333 bits per heavy atom. The largest absolute Gasteiger partial charge is 0.478 e. The lowest BCUT2D eigenvalue weighted by Gasteiger charge is -2.12. The number of thiophene rings is 3. The van der Waals surface area contributed by atoms with Crippen LogP contribution in [0.4, 0.5) is 39.5 Å². The third kappa shape index (κ3) is 17.9. The zero-order valence-corrected chi connectivity index (χ0v) is 62.7. The first kappa shape index (κ1) is 80.4. The van der Waals surface area contributed by atoms with Gasteiger partial charge in [0.25, 0.3) is 0 Å². The fraction of sp³-hybridized carbons (Fsp3) is 0.169. The minimum atomic E-state index is -4.44. The molecule has 0 amide bonds. The fourth-order valence-electron chi connectivity index (χ4n) is 15.1. The van der Waals surface area contributed by atoms with Crippen LogP contribution in [0.3, 0.4) is 0 Å². The summed E-state index contributed by atoms with van der Waals surface area (Å²) in [7, 11) is 0. The van der Waals surface area contributed by atoms with Crippen molar-refractivity contribution in [2.45, 2.75) is 69.9 Å². The van der Waals surface area contributed by atoms with Crippen molar-refractivity contribution in [3.05, 3.63) is 337 Å². The van der Waals surface area contributed by atoms with E-state index in [1.807, 2.05) is 48.5 Å². The highest BCUT2D eigenvalue weighted by Crippen LogP contribution is 2.45. The standard InChI is InChI=1S/C24H17F3O3.2C22H15F3O3S.C21H15ClO3S/c25-24(26,27)18-7-2-5-15(12-18)19-8-3-9-20-21(19)13-17(22(20)28)11-14-4-1-6-16(10-14)23(29)30;23-22(24,25)15-4-1-3-13(9-15)16-5-2-6-17-18(16)10-14(20(17)26)7-12-8-19(21(27)28)29-11-12;23-22(24,25)15-4-1-3-12(7-15)17-5-2-6-18-19(17)10-13(20(18)26)8-16-9-14(11-29-16)21(27)28;22-14-4-1-3-12(9-14)16-5-2-6-17-18(16)11-13(20(17)23)10-15-7-8-19(26-15)21(24)25/h1-10,12,17H,11,13H2,(H,29,30);1-6,8-9,11,14H,7,10H2,(H,27,28);1-7,9,11,13H,8,10H2,(H,27,28);1-9,13H,10-11H2,(H,24,25). The highest BCUT2D eigenvalue weighted by molar-refractivity contribution is 7.14. The molecule has 4 aliphatic carbocycles. The lowest BCUT2D eigenvalue weighted by Crippen LogP contribution is -2.12. The average Bonchev–Trinajstić information content (AvgIpc) is 1.64.